The lowest BCUT2D eigenvalue weighted by Gasteiger charge is -2.06. The predicted octanol–water partition coefficient (Wildman–Crippen LogP) is 4.58. The largest absolute Gasteiger partial charge is 0.322 e. The van der Waals surface area contributed by atoms with E-state index >= 15 is 0 Å². The van der Waals surface area contributed by atoms with Crippen LogP contribution < -0.4 is 5.32 Å². The molecule has 3 nitrogen and oxygen atoms in total. The number of hydrogen-bond donors (Lipinski definition) is 1. The molecule has 0 saturated carbocycles. The Hall–Kier alpha value is -1.87. The minimum Gasteiger partial charge on any atom is -0.322 e. The summed E-state index contributed by atoms with van der Waals surface area (Å²) in [6, 6.07) is 10.9. The highest BCUT2D eigenvalue weighted by atomic mass is 35.5. The summed E-state index contributed by atoms with van der Waals surface area (Å²) in [5.74, 6) is -0.191. The predicted molar refractivity (Wildman–Crippen MR) is 84.4 cm³/mol. The fraction of sp³-hybridized carbons (Fsp3) is 0.250. The smallest absolute Gasteiger partial charge is 0.255 e. The lowest BCUT2D eigenvalue weighted by molar-refractivity contribution is 0.102. The zero-order valence-electron chi connectivity index (χ0n) is 12.0. The van der Waals surface area contributed by atoms with E-state index in [1.807, 2.05) is 38.1 Å². The maximum atomic E-state index is 11.9. The molecule has 0 aliphatic heterocycles. The van der Waals surface area contributed by atoms with Gasteiger partial charge in [-0.1, -0.05) is 44.5 Å². The zero-order chi connectivity index (χ0) is 15.0. The third-order valence-corrected chi connectivity index (χ3v) is 2.82. The van der Waals surface area contributed by atoms with Gasteiger partial charge in [-0.3, -0.25) is 4.79 Å². The Morgan fingerprint density at radius 3 is 2.40 bits per heavy atom. The summed E-state index contributed by atoms with van der Waals surface area (Å²) in [4.78, 5) is 15.8. The van der Waals surface area contributed by atoms with Crippen LogP contribution in [-0.2, 0) is 6.42 Å². The number of nitrogens with one attached hydrogen (secondary N) is 1. The average Bonchev–Trinajstić information content (AvgIpc) is 2.50. The van der Waals surface area contributed by atoms with E-state index in [-0.39, 0.29) is 5.91 Å². The average molecular weight is 291 g/mol. The molecule has 0 radical (unpaired) electrons. The quantitative estimate of drug-likeness (QED) is 0.841. The number of rotatable bonds is 3. The molecule has 0 atom stereocenters. The van der Waals surface area contributed by atoms with Crippen LogP contribution in [0.25, 0.3) is 0 Å². The Labute approximate surface area is 125 Å². The van der Waals surface area contributed by atoms with E-state index in [2.05, 4.69) is 17.2 Å². The van der Waals surface area contributed by atoms with Crippen LogP contribution in [0.3, 0.4) is 0 Å². The molecule has 1 heterocycles. The number of pyridine rings is 1. The summed E-state index contributed by atoms with van der Waals surface area (Å²) in [6.45, 7) is 6.09. The van der Waals surface area contributed by atoms with Crippen molar-refractivity contribution in [2.24, 2.45) is 0 Å². The maximum Gasteiger partial charge on any atom is 0.255 e. The summed E-state index contributed by atoms with van der Waals surface area (Å²) < 4.78 is 0. The molecular weight excluding hydrogens is 272 g/mol. The first-order valence-corrected chi connectivity index (χ1v) is 7.08. The molecule has 0 unspecified atom stereocenters. The summed E-state index contributed by atoms with van der Waals surface area (Å²) in [6.07, 6.45) is 2.49. The van der Waals surface area contributed by atoms with E-state index in [0.717, 1.165) is 12.1 Å². The topological polar surface area (TPSA) is 42.0 Å². The molecule has 0 spiro atoms. The molecule has 1 amide bonds. The second-order valence-electron chi connectivity index (χ2n) is 3.87. The van der Waals surface area contributed by atoms with Crippen molar-refractivity contribution in [1.29, 1.82) is 0 Å². The van der Waals surface area contributed by atoms with Crippen LogP contribution >= 0.6 is 11.6 Å². The molecule has 0 aliphatic rings. The monoisotopic (exact) mass is 290 g/mol. The first kappa shape index (κ1) is 16.2. The van der Waals surface area contributed by atoms with E-state index in [9.17, 15) is 4.79 Å². The SMILES string of the molecule is CC.CCc1ccc(NC(=O)c2ccnc(Cl)c2)cc1. The van der Waals surface area contributed by atoms with Crippen LogP contribution in [0, 0.1) is 0 Å². The normalized spacial score (nSPS) is 9.40. The number of carbonyl (C=O) groups excluding carboxylic acids is 1. The molecule has 1 aromatic carbocycles. The number of aromatic nitrogens is 1. The van der Waals surface area contributed by atoms with Gasteiger partial charge in [-0.15, -0.1) is 0 Å². The van der Waals surface area contributed by atoms with Gasteiger partial charge in [0.05, 0.1) is 0 Å². The lowest BCUT2D eigenvalue weighted by atomic mass is 10.1. The minimum absolute atomic E-state index is 0.191. The summed E-state index contributed by atoms with van der Waals surface area (Å²) in [7, 11) is 0. The van der Waals surface area contributed by atoms with Crippen molar-refractivity contribution in [3.05, 3.63) is 58.9 Å². The molecule has 0 aliphatic carbocycles. The van der Waals surface area contributed by atoms with Crippen LogP contribution in [0.4, 0.5) is 5.69 Å². The van der Waals surface area contributed by atoms with Gasteiger partial charge < -0.3 is 5.32 Å². The van der Waals surface area contributed by atoms with E-state index < -0.39 is 0 Å². The molecular formula is C16H19ClN2O. The van der Waals surface area contributed by atoms with Gasteiger partial charge in [0.1, 0.15) is 5.15 Å². The Kier molecular flexibility index (Phi) is 6.74. The number of hydrogen-bond acceptors (Lipinski definition) is 2. The summed E-state index contributed by atoms with van der Waals surface area (Å²) in [5.41, 5.74) is 2.50. The van der Waals surface area contributed by atoms with Crippen molar-refractivity contribution in [3.63, 3.8) is 0 Å². The minimum atomic E-state index is -0.191. The Bertz CT molecular complexity index is 553. The Morgan fingerprint density at radius 2 is 1.85 bits per heavy atom. The van der Waals surface area contributed by atoms with Crippen LogP contribution in [-0.4, -0.2) is 10.9 Å². The van der Waals surface area contributed by atoms with E-state index in [4.69, 9.17) is 11.6 Å². The summed E-state index contributed by atoms with van der Waals surface area (Å²) >= 11 is 5.74. The molecule has 1 N–H and O–H groups in total. The number of benzene rings is 1. The molecule has 2 rings (SSSR count). The van der Waals surface area contributed by atoms with Crippen LogP contribution in [0.1, 0.15) is 36.7 Å². The first-order chi connectivity index (χ1) is 9.69. The standard InChI is InChI=1S/C14H13ClN2O.C2H6/c1-2-10-3-5-12(6-4-10)17-14(18)11-7-8-16-13(15)9-11;1-2/h3-9H,2H2,1H3,(H,17,18);1-2H3. The number of amides is 1. The maximum absolute atomic E-state index is 11.9. The van der Waals surface area contributed by atoms with E-state index in [0.29, 0.717) is 10.7 Å². The Balaban J connectivity index is 0.000000956. The van der Waals surface area contributed by atoms with Crippen molar-refractivity contribution in [3.8, 4) is 0 Å². The van der Waals surface area contributed by atoms with Gasteiger partial charge in [0.25, 0.3) is 5.91 Å². The van der Waals surface area contributed by atoms with Gasteiger partial charge in [-0.2, -0.15) is 0 Å². The van der Waals surface area contributed by atoms with Crippen molar-refractivity contribution >= 4 is 23.2 Å². The highest BCUT2D eigenvalue weighted by molar-refractivity contribution is 6.29. The van der Waals surface area contributed by atoms with Crippen molar-refractivity contribution in [1.82, 2.24) is 4.98 Å². The molecule has 2 aromatic rings. The van der Waals surface area contributed by atoms with Gasteiger partial charge in [-0.05, 0) is 36.2 Å². The Morgan fingerprint density at radius 1 is 1.20 bits per heavy atom. The first-order valence-electron chi connectivity index (χ1n) is 6.71. The van der Waals surface area contributed by atoms with Crippen LogP contribution in [0.5, 0.6) is 0 Å². The number of halogens is 1. The molecule has 0 saturated heterocycles. The highest BCUT2D eigenvalue weighted by Gasteiger charge is 2.06. The zero-order valence-corrected chi connectivity index (χ0v) is 12.7. The van der Waals surface area contributed by atoms with Crippen LogP contribution in [0.15, 0.2) is 42.6 Å². The third-order valence-electron chi connectivity index (χ3n) is 2.61. The van der Waals surface area contributed by atoms with Crippen molar-refractivity contribution in [2.75, 3.05) is 5.32 Å². The lowest BCUT2D eigenvalue weighted by Crippen LogP contribution is -2.11. The molecule has 0 fully saturated rings. The second kappa shape index (κ2) is 8.33. The van der Waals surface area contributed by atoms with E-state index in [1.165, 1.54) is 17.8 Å². The van der Waals surface area contributed by atoms with Gasteiger partial charge in [-0.25, -0.2) is 4.98 Å². The van der Waals surface area contributed by atoms with Gasteiger partial charge >= 0.3 is 0 Å². The molecule has 1 aromatic heterocycles. The number of nitrogens with zero attached hydrogens (tertiary/aromatic N) is 1. The number of aryl methyl sites for hydroxylation is 1. The number of carbonyl (C=O) groups is 1. The van der Waals surface area contributed by atoms with Gasteiger partial charge in [0.2, 0.25) is 0 Å². The molecule has 4 heteroatoms. The van der Waals surface area contributed by atoms with E-state index in [1.54, 1.807) is 6.07 Å². The van der Waals surface area contributed by atoms with Crippen molar-refractivity contribution in [2.45, 2.75) is 27.2 Å². The van der Waals surface area contributed by atoms with Gasteiger partial charge in [0, 0.05) is 17.4 Å². The second-order valence-corrected chi connectivity index (χ2v) is 4.26. The highest BCUT2D eigenvalue weighted by Crippen LogP contribution is 2.13. The molecule has 106 valence electrons. The van der Waals surface area contributed by atoms with Gasteiger partial charge in [0.15, 0.2) is 0 Å². The summed E-state index contributed by atoms with van der Waals surface area (Å²) in [5, 5.41) is 3.12. The third kappa shape index (κ3) is 4.67. The van der Waals surface area contributed by atoms with Crippen LogP contribution in [0.2, 0.25) is 5.15 Å². The van der Waals surface area contributed by atoms with Crippen molar-refractivity contribution < 1.29 is 4.79 Å². The fourth-order valence-corrected chi connectivity index (χ4v) is 1.74. The number of anilines is 1. The molecule has 0 bridgehead atoms. The fourth-order valence-electron chi connectivity index (χ4n) is 1.57. The molecule has 20 heavy (non-hydrogen) atoms.